The molecule has 0 bridgehead atoms. The fourth-order valence-corrected chi connectivity index (χ4v) is 4.33. The molecular formula is C28H24N4O3. The molecule has 1 aliphatic rings. The van der Waals surface area contributed by atoms with Gasteiger partial charge in [0.05, 0.1) is 19.3 Å². The summed E-state index contributed by atoms with van der Waals surface area (Å²) in [7, 11) is 0. The van der Waals surface area contributed by atoms with Gasteiger partial charge in [0, 0.05) is 28.9 Å². The number of nitrogens with two attached hydrogens (primary N) is 1. The van der Waals surface area contributed by atoms with E-state index in [0.29, 0.717) is 13.2 Å². The van der Waals surface area contributed by atoms with E-state index in [-0.39, 0.29) is 18.3 Å². The number of nitrogen functional groups attached to an aromatic ring is 1. The molecule has 6 rings (SSSR count). The molecule has 2 N–H and O–H groups in total. The second-order valence-electron chi connectivity index (χ2n) is 8.42. The molecule has 1 aliphatic heterocycles. The van der Waals surface area contributed by atoms with Crippen LogP contribution in [0.1, 0.15) is 17.9 Å². The van der Waals surface area contributed by atoms with Crippen molar-refractivity contribution in [3.8, 4) is 22.6 Å². The number of benzene rings is 3. The number of hydrogen-bond donors (Lipinski definition) is 1. The molecule has 7 nitrogen and oxygen atoms in total. The van der Waals surface area contributed by atoms with Crippen molar-refractivity contribution in [2.24, 2.45) is 0 Å². The second kappa shape index (κ2) is 9.21. The van der Waals surface area contributed by atoms with Gasteiger partial charge in [0.1, 0.15) is 17.1 Å². The Morgan fingerprint density at radius 1 is 0.829 bits per heavy atom. The summed E-state index contributed by atoms with van der Waals surface area (Å²) in [4.78, 5) is 8.78. The van der Waals surface area contributed by atoms with E-state index in [4.69, 9.17) is 19.9 Å². The van der Waals surface area contributed by atoms with Crippen LogP contribution in [0.5, 0.6) is 11.5 Å². The third kappa shape index (κ3) is 4.35. The zero-order valence-corrected chi connectivity index (χ0v) is 19.0. The Kier molecular flexibility index (Phi) is 5.62. The summed E-state index contributed by atoms with van der Waals surface area (Å²) in [5, 5.41) is 0.918. The molecule has 35 heavy (non-hydrogen) atoms. The van der Waals surface area contributed by atoms with E-state index >= 15 is 0 Å². The van der Waals surface area contributed by atoms with Gasteiger partial charge in [-0.3, -0.25) is 0 Å². The Hall–Kier alpha value is -4.20. The summed E-state index contributed by atoms with van der Waals surface area (Å²) in [6.07, 6.45) is 3.48. The summed E-state index contributed by atoms with van der Waals surface area (Å²) in [6.45, 7) is 0.993. The number of anilines is 1. The molecule has 2 aromatic heterocycles. The van der Waals surface area contributed by atoms with Gasteiger partial charge in [-0.25, -0.2) is 4.98 Å². The highest BCUT2D eigenvalue weighted by atomic mass is 16.7. The number of para-hydroxylation sites is 1. The molecule has 0 radical (unpaired) electrons. The molecule has 1 saturated heterocycles. The Morgan fingerprint density at radius 2 is 1.49 bits per heavy atom. The summed E-state index contributed by atoms with van der Waals surface area (Å²) < 4.78 is 20.1. The topological polar surface area (TPSA) is 84.4 Å². The first-order valence-electron chi connectivity index (χ1n) is 11.5. The Morgan fingerprint density at radius 3 is 2.20 bits per heavy atom. The van der Waals surface area contributed by atoms with Crippen LogP contribution in [-0.4, -0.2) is 27.7 Å². The molecule has 174 valence electrons. The molecule has 3 heterocycles. The quantitative estimate of drug-likeness (QED) is 0.356. The molecule has 7 heteroatoms. The van der Waals surface area contributed by atoms with Crippen molar-refractivity contribution in [2.45, 2.75) is 12.3 Å². The lowest BCUT2D eigenvalue weighted by Gasteiger charge is -2.30. The van der Waals surface area contributed by atoms with E-state index in [1.165, 1.54) is 0 Å². The van der Waals surface area contributed by atoms with Crippen molar-refractivity contribution in [3.63, 3.8) is 0 Å². The van der Waals surface area contributed by atoms with Gasteiger partial charge in [-0.05, 0) is 29.8 Å². The van der Waals surface area contributed by atoms with Crippen molar-refractivity contribution in [3.05, 3.63) is 103 Å². The second-order valence-corrected chi connectivity index (χ2v) is 8.42. The third-order valence-corrected chi connectivity index (χ3v) is 6.08. The maximum absolute atomic E-state index is 6.06. The summed E-state index contributed by atoms with van der Waals surface area (Å²) in [5.41, 5.74) is 9.75. The molecule has 1 fully saturated rings. The van der Waals surface area contributed by atoms with Crippen molar-refractivity contribution >= 4 is 17.0 Å². The normalized spacial score (nSPS) is 17.9. The van der Waals surface area contributed by atoms with Crippen molar-refractivity contribution in [1.29, 1.82) is 0 Å². The molecule has 5 aromatic rings. The molecular weight excluding hydrogens is 440 g/mol. The third-order valence-electron chi connectivity index (χ3n) is 6.08. The SMILES string of the molecule is Nc1ncc2c(-c3ccc(Oc4ccccc4)cc3)cn(C3COC(c4ccccc4)OC3)c2n1. The van der Waals surface area contributed by atoms with Gasteiger partial charge in [0.25, 0.3) is 0 Å². The number of ether oxygens (including phenoxy) is 3. The highest BCUT2D eigenvalue weighted by molar-refractivity contribution is 5.94. The van der Waals surface area contributed by atoms with Crippen LogP contribution in [0.4, 0.5) is 5.95 Å². The highest BCUT2D eigenvalue weighted by Gasteiger charge is 2.27. The van der Waals surface area contributed by atoms with E-state index in [0.717, 1.165) is 39.2 Å². The zero-order chi connectivity index (χ0) is 23.6. The minimum absolute atomic E-state index is 0.0406. The maximum Gasteiger partial charge on any atom is 0.221 e. The molecule has 0 spiro atoms. The van der Waals surface area contributed by atoms with Gasteiger partial charge in [-0.2, -0.15) is 4.98 Å². The first-order chi connectivity index (χ1) is 17.2. The predicted molar refractivity (Wildman–Crippen MR) is 134 cm³/mol. The molecule has 0 unspecified atom stereocenters. The van der Waals surface area contributed by atoms with Crippen LogP contribution < -0.4 is 10.5 Å². The Bertz CT molecular complexity index is 1430. The first-order valence-corrected chi connectivity index (χ1v) is 11.5. The maximum atomic E-state index is 6.06. The smallest absolute Gasteiger partial charge is 0.221 e. The molecule has 0 atom stereocenters. The van der Waals surface area contributed by atoms with E-state index in [9.17, 15) is 0 Å². The van der Waals surface area contributed by atoms with E-state index in [1.54, 1.807) is 6.20 Å². The van der Waals surface area contributed by atoms with Crippen LogP contribution in [0.2, 0.25) is 0 Å². The lowest BCUT2D eigenvalue weighted by Crippen LogP contribution is -2.29. The summed E-state index contributed by atoms with van der Waals surface area (Å²) in [5.74, 6) is 1.80. The monoisotopic (exact) mass is 464 g/mol. The minimum Gasteiger partial charge on any atom is -0.457 e. The fraction of sp³-hybridized carbons (Fsp3) is 0.143. The molecule has 0 aliphatic carbocycles. The standard InChI is InChI=1S/C28H24N4O3/c29-28-30-15-24-25(19-11-13-23(14-12-19)35-22-9-5-2-6-10-22)16-32(26(24)31-28)21-17-33-27(34-18-21)20-7-3-1-4-8-20/h1-16,21,27H,17-18H2,(H2,29,30,31). The van der Waals surface area contributed by atoms with Gasteiger partial charge in [0.2, 0.25) is 5.95 Å². The molecule has 0 amide bonds. The lowest BCUT2D eigenvalue weighted by atomic mass is 10.1. The average Bonchev–Trinajstić information content (AvgIpc) is 3.29. The van der Waals surface area contributed by atoms with Gasteiger partial charge in [0.15, 0.2) is 6.29 Å². The van der Waals surface area contributed by atoms with Crippen LogP contribution in [0.15, 0.2) is 97.3 Å². The Labute approximate surface area is 202 Å². The van der Waals surface area contributed by atoms with Crippen LogP contribution >= 0.6 is 0 Å². The van der Waals surface area contributed by atoms with Gasteiger partial charge >= 0.3 is 0 Å². The van der Waals surface area contributed by atoms with E-state index in [2.05, 4.69) is 20.7 Å². The van der Waals surface area contributed by atoms with Crippen LogP contribution in [-0.2, 0) is 9.47 Å². The first kappa shape index (κ1) is 21.3. The number of nitrogens with zero attached hydrogens (tertiary/aromatic N) is 3. The number of aromatic nitrogens is 3. The predicted octanol–water partition coefficient (Wildman–Crippen LogP) is 5.76. The molecule has 0 saturated carbocycles. The van der Waals surface area contributed by atoms with Crippen LogP contribution in [0.25, 0.3) is 22.2 Å². The van der Waals surface area contributed by atoms with Crippen molar-refractivity contribution < 1.29 is 14.2 Å². The summed E-state index contributed by atoms with van der Waals surface area (Å²) >= 11 is 0. The van der Waals surface area contributed by atoms with Gasteiger partial charge in [-0.1, -0.05) is 60.7 Å². The average molecular weight is 465 g/mol. The van der Waals surface area contributed by atoms with Crippen molar-refractivity contribution in [2.75, 3.05) is 18.9 Å². The van der Waals surface area contributed by atoms with E-state index < -0.39 is 0 Å². The highest BCUT2D eigenvalue weighted by Crippen LogP contribution is 2.35. The van der Waals surface area contributed by atoms with Crippen molar-refractivity contribution in [1.82, 2.24) is 14.5 Å². The number of fused-ring (bicyclic) bond motifs is 1. The Balaban J connectivity index is 1.28. The summed E-state index contributed by atoms with van der Waals surface area (Å²) in [6, 6.07) is 27.6. The van der Waals surface area contributed by atoms with E-state index in [1.807, 2.05) is 84.9 Å². The molecule has 3 aromatic carbocycles. The minimum atomic E-state index is -0.370. The van der Waals surface area contributed by atoms with Crippen LogP contribution in [0, 0.1) is 0 Å². The largest absolute Gasteiger partial charge is 0.457 e. The van der Waals surface area contributed by atoms with Gasteiger partial charge < -0.3 is 24.5 Å². The van der Waals surface area contributed by atoms with Gasteiger partial charge in [-0.15, -0.1) is 0 Å². The lowest BCUT2D eigenvalue weighted by molar-refractivity contribution is -0.200. The van der Waals surface area contributed by atoms with Crippen LogP contribution in [0.3, 0.4) is 0 Å². The fourth-order valence-electron chi connectivity index (χ4n) is 4.33. The number of rotatable bonds is 5. The number of hydrogen-bond acceptors (Lipinski definition) is 6. The zero-order valence-electron chi connectivity index (χ0n) is 19.0.